The van der Waals surface area contributed by atoms with Crippen LogP contribution in [0.5, 0.6) is 11.8 Å². The molecule has 0 bridgehead atoms. The molecule has 0 radical (unpaired) electrons. The van der Waals surface area contributed by atoms with Crippen molar-refractivity contribution < 1.29 is 14.9 Å². The topological polar surface area (TPSA) is 133 Å². The van der Waals surface area contributed by atoms with Crippen LogP contribution in [-0.2, 0) is 4.74 Å². The Bertz CT molecular complexity index is 1050. The van der Waals surface area contributed by atoms with Crippen LogP contribution < -0.4 is 16.2 Å². The second-order valence-corrected chi connectivity index (χ2v) is 6.07. The molecule has 10 heteroatoms. The second kappa shape index (κ2) is 6.64. The lowest BCUT2D eigenvalue weighted by molar-refractivity contribution is 0.210. The van der Waals surface area contributed by atoms with Gasteiger partial charge in [-0.1, -0.05) is 0 Å². The fourth-order valence-corrected chi connectivity index (χ4v) is 2.50. The van der Waals surface area contributed by atoms with Crippen LogP contribution in [0.3, 0.4) is 0 Å². The summed E-state index contributed by atoms with van der Waals surface area (Å²) >= 11 is 0. The molecular formula is C16H19N7O3. The molecule has 1 aliphatic carbocycles. The van der Waals surface area contributed by atoms with Crippen molar-refractivity contribution in [2.24, 2.45) is 4.99 Å². The molecule has 10 nitrogen and oxygen atoms in total. The maximum Gasteiger partial charge on any atom is 0.251 e. The highest BCUT2D eigenvalue weighted by Gasteiger charge is 2.20. The molecule has 0 atom stereocenters. The Hall–Kier alpha value is -3.14. The number of rotatable bonds is 6. The summed E-state index contributed by atoms with van der Waals surface area (Å²) in [5.41, 5.74) is 1.48. The van der Waals surface area contributed by atoms with Crippen molar-refractivity contribution in [3.63, 3.8) is 0 Å². The van der Waals surface area contributed by atoms with Gasteiger partial charge >= 0.3 is 0 Å². The van der Waals surface area contributed by atoms with E-state index in [2.05, 4.69) is 30.4 Å². The summed E-state index contributed by atoms with van der Waals surface area (Å²) in [5, 5.41) is 27.4. The molecule has 1 fully saturated rings. The number of aromatic hydroxyl groups is 2. The van der Waals surface area contributed by atoms with Gasteiger partial charge in [0.1, 0.15) is 0 Å². The standard InChI is InChI=1S/C16H19N7O3/c1-26-5-4-17-15-21-13-10(6-9-7-12(24)20-14(9)25)8-18-23(13)16(22-15)19-11-2-3-11/h6-8,11,20,24-25H,2-5H2,1H3,(H,17,19,22). The zero-order chi connectivity index (χ0) is 18.1. The van der Waals surface area contributed by atoms with Crippen LogP contribution in [0, 0.1) is 0 Å². The molecule has 0 aliphatic heterocycles. The van der Waals surface area contributed by atoms with Crippen LogP contribution in [0.25, 0.3) is 11.7 Å². The number of nitrogens with one attached hydrogen (secondary N) is 2. The number of H-pyrrole nitrogens is 1. The van der Waals surface area contributed by atoms with E-state index in [9.17, 15) is 10.2 Å². The van der Waals surface area contributed by atoms with Gasteiger partial charge in [-0.3, -0.25) is 4.98 Å². The minimum atomic E-state index is -0.128. The normalized spacial score (nSPS) is 15.9. The van der Waals surface area contributed by atoms with E-state index in [1.165, 1.54) is 6.07 Å². The van der Waals surface area contributed by atoms with Crippen LogP contribution in [0.4, 0.5) is 5.95 Å². The van der Waals surface area contributed by atoms with E-state index < -0.39 is 0 Å². The quantitative estimate of drug-likeness (QED) is 0.438. The van der Waals surface area contributed by atoms with Crippen LogP contribution in [0.1, 0.15) is 18.4 Å². The van der Waals surface area contributed by atoms with Gasteiger partial charge in [-0.05, 0) is 18.9 Å². The monoisotopic (exact) mass is 357 g/mol. The Morgan fingerprint density at radius 1 is 1.42 bits per heavy atom. The summed E-state index contributed by atoms with van der Waals surface area (Å²) < 4.78 is 6.62. The van der Waals surface area contributed by atoms with Gasteiger partial charge in [0.25, 0.3) is 5.62 Å². The number of ether oxygens (including phenoxy) is 1. The molecule has 3 heterocycles. The smallest absolute Gasteiger partial charge is 0.251 e. The Labute approximate surface area is 147 Å². The van der Waals surface area contributed by atoms with Crippen LogP contribution in [0.2, 0.25) is 0 Å². The van der Waals surface area contributed by atoms with Crippen molar-refractivity contribution in [3.05, 3.63) is 28.7 Å². The minimum Gasteiger partial charge on any atom is -0.494 e. The van der Waals surface area contributed by atoms with E-state index in [1.807, 2.05) is 0 Å². The number of methoxy groups -OCH3 is 1. The molecule has 3 aromatic rings. The van der Waals surface area contributed by atoms with Gasteiger partial charge in [-0.2, -0.15) is 19.6 Å². The van der Waals surface area contributed by atoms with Crippen molar-refractivity contribution in [1.29, 1.82) is 0 Å². The lowest BCUT2D eigenvalue weighted by atomic mass is 10.2. The number of nitrogens with zero attached hydrogens (tertiary/aromatic N) is 5. The predicted molar refractivity (Wildman–Crippen MR) is 92.6 cm³/mol. The summed E-state index contributed by atoms with van der Waals surface area (Å²) in [5.74, 6) is 0.189. The van der Waals surface area contributed by atoms with Crippen molar-refractivity contribution in [2.75, 3.05) is 25.6 Å². The van der Waals surface area contributed by atoms with Crippen molar-refractivity contribution >= 4 is 17.7 Å². The first kappa shape index (κ1) is 16.3. The average Bonchev–Trinajstić information content (AvgIpc) is 3.24. The molecule has 26 heavy (non-hydrogen) atoms. The first-order valence-corrected chi connectivity index (χ1v) is 8.29. The van der Waals surface area contributed by atoms with Crippen molar-refractivity contribution in [1.82, 2.24) is 24.6 Å². The third-order valence-electron chi connectivity index (χ3n) is 3.94. The molecule has 4 rings (SSSR count). The predicted octanol–water partition coefficient (Wildman–Crippen LogP) is -0.467. The summed E-state index contributed by atoms with van der Waals surface area (Å²) in [7, 11) is 1.63. The molecule has 0 unspecified atom stereocenters. The van der Waals surface area contributed by atoms with E-state index in [4.69, 9.17) is 4.74 Å². The highest BCUT2D eigenvalue weighted by atomic mass is 16.5. The number of hydrogen-bond donors (Lipinski definition) is 4. The molecule has 3 aromatic heterocycles. The zero-order valence-electron chi connectivity index (χ0n) is 14.2. The highest BCUT2D eigenvalue weighted by Crippen LogP contribution is 2.23. The lowest BCUT2D eigenvalue weighted by Gasteiger charge is -2.04. The lowest BCUT2D eigenvalue weighted by Crippen LogP contribution is -2.25. The molecule has 0 amide bonds. The van der Waals surface area contributed by atoms with E-state index in [0.29, 0.717) is 41.1 Å². The van der Waals surface area contributed by atoms with Crippen LogP contribution >= 0.6 is 0 Å². The Kier molecular flexibility index (Phi) is 4.17. The first-order valence-electron chi connectivity index (χ1n) is 8.29. The molecule has 136 valence electrons. The van der Waals surface area contributed by atoms with Gasteiger partial charge < -0.3 is 20.3 Å². The largest absolute Gasteiger partial charge is 0.494 e. The van der Waals surface area contributed by atoms with Gasteiger partial charge in [-0.15, -0.1) is 0 Å². The molecule has 0 aromatic carbocycles. The molecule has 0 spiro atoms. The number of hydrogen-bond acceptors (Lipinski definition) is 8. The Morgan fingerprint density at radius 2 is 2.27 bits per heavy atom. The van der Waals surface area contributed by atoms with Crippen LogP contribution in [-0.4, -0.2) is 61.1 Å². The summed E-state index contributed by atoms with van der Waals surface area (Å²) in [6.07, 6.45) is 5.41. The number of fused-ring (bicyclic) bond motifs is 1. The van der Waals surface area contributed by atoms with Gasteiger partial charge in [0, 0.05) is 30.5 Å². The number of anilines is 1. The summed E-state index contributed by atoms with van der Waals surface area (Å²) in [6.45, 7) is 1.09. The first-order chi connectivity index (χ1) is 12.6. The van der Waals surface area contributed by atoms with Gasteiger partial charge in [0.15, 0.2) is 17.4 Å². The fourth-order valence-electron chi connectivity index (χ4n) is 2.50. The fraction of sp³-hybridized carbons (Fsp3) is 0.375. The van der Waals surface area contributed by atoms with Gasteiger partial charge in [0.2, 0.25) is 5.95 Å². The SMILES string of the molecule is COCCNc1nc(=NC2CC2)n2ncc(=Cc3cc(O)[nH]c3O)c2n1. The van der Waals surface area contributed by atoms with E-state index in [1.54, 1.807) is 23.9 Å². The summed E-state index contributed by atoms with van der Waals surface area (Å²) in [6, 6.07) is 1.70. The van der Waals surface area contributed by atoms with Crippen molar-refractivity contribution in [3.8, 4) is 11.8 Å². The minimum absolute atomic E-state index is 0.119. The Morgan fingerprint density at radius 3 is 2.96 bits per heavy atom. The molecule has 4 N–H and O–H groups in total. The number of aromatic amines is 1. The van der Waals surface area contributed by atoms with Crippen molar-refractivity contribution in [2.45, 2.75) is 18.9 Å². The highest BCUT2D eigenvalue weighted by molar-refractivity contribution is 5.61. The maximum atomic E-state index is 9.83. The molecular weight excluding hydrogens is 338 g/mol. The van der Waals surface area contributed by atoms with E-state index in [-0.39, 0.29) is 17.8 Å². The summed E-state index contributed by atoms with van der Waals surface area (Å²) in [4.78, 5) is 16.0. The number of aromatic nitrogens is 5. The molecule has 1 saturated carbocycles. The van der Waals surface area contributed by atoms with E-state index >= 15 is 0 Å². The second-order valence-electron chi connectivity index (χ2n) is 6.07. The third kappa shape index (κ3) is 3.31. The van der Waals surface area contributed by atoms with Gasteiger partial charge in [-0.25, -0.2) is 4.99 Å². The zero-order valence-corrected chi connectivity index (χ0v) is 14.2. The maximum absolute atomic E-state index is 9.83. The van der Waals surface area contributed by atoms with Gasteiger partial charge in [0.05, 0.1) is 18.8 Å². The molecule has 1 aliphatic rings. The third-order valence-corrected chi connectivity index (χ3v) is 3.94. The Balaban J connectivity index is 1.84. The van der Waals surface area contributed by atoms with Crippen LogP contribution in [0.15, 0.2) is 17.3 Å². The molecule has 0 saturated heterocycles. The average molecular weight is 357 g/mol. The van der Waals surface area contributed by atoms with E-state index in [0.717, 1.165) is 12.8 Å².